The Kier molecular flexibility index (Phi) is 3.54. The topological polar surface area (TPSA) is 42.0 Å². The molecular weight excluding hydrogens is 232 g/mol. The molecule has 1 N–H and O–H groups in total. The van der Waals surface area contributed by atoms with Gasteiger partial charge < -0.3 is 5.32 Å². The molecular formula is C13H14N2OS. The van der Waals surface area contributed by atoms with Gasteiger partial charge >= 0.3 is 0 Å². The van der Waals surface area contributed by atoms with E-state index in [0.29, 0.717) is 5.69 Å². The average Bonchev–Trinajstić information content (AvgIpc) is 2.77. The highest BCUT2D eigenvalue weighted by molar-refractivity contribution is 7.09. The van der Waals surface area contributed by atoms with Crippen LogP contribution >= 0.6 is 11.3 Å². The minimum Gasteiger partial charge on any atom is -0.344 e. The van der Waals surface area contributed by atoms with E-state index in [9.17, 15) is 4.79 Å². The molecule has 0 aliphatic rings. The van der Waals surface area contributed by atoms with Crippen molar-refractivity contribution in [2.45, 2.75) is 19.9 Å². The maximum Gasteiger partial charge on any atom is 0.271 e. The van der Waals surface area contributed by atoms with Gasteiger partial charge in [-0.3, -0.25) is 4.79 Å². The number of carbonyl (C=O) groups is 1. The molecule has 1 atom stereocenters. The third kappa shape index (κ3) is 2.91. The minimum absolute atomic E-state index is 0.00861. The zero-order valence-corrected chi connectivity index (χ0v) is 10.6. The fraction of sp³-hybridized carbons (Fsp3) is 0.231. The van der Waals surface area contributed by atoms with Crippen molar-refractivity contribution in [3.63, 3.8) is 0 Å². The number of nitrogens with one attached hydrogen (secondary N) is 1. The van der Waals surface area contributed by atoms with Gasteiger partial charge in [0.25, 0.3) is 5.91 Å². The van der Waals surface area contributed by atoms with E-state index >= 15 is 0 Å². The fourth-order valence-corrected chi connectivity index (χ4v) is 2.16. The number of nitrogens with zero attached hydrogens (tertiary/aromatic N) is 1. The molecule has 1 heterocycles. The van der Waals surface area contributed by atoms with Crippen LogP contribution in [0.2, 0.25) is 0 Å². The molecule has 1 aromatic carbocycles. The predicted octanol–water partition coefficient (Wildman–Crippen LogP) is 2.94. The van der Waals surface area contributed by atoms with Gasteiger partial charge in [0.05, 0.1) is 11.0 Å². The van der Waals surface area contributed by atoms with Crippen molar-refractivity contribution in [3.05, 3.63) is 52.0 Å². The van der Waals surface area contributed by atoms with Crippen molar-refractivity contribution < 1.29 is 4.79 Å². The summed E-state index contributed by atoms with van der Waals surface area (Å²) >= 11 is 1.48. The first kappa shape index (κ1) is 11.8. The lowest BCUT2D eigenvalue weighted by atomic mass is 10.1. The molecule has 0 radical (unpaired) electrons. The lowest BCUT2D eigenvalue weighted by Crippen LogP contribution is -2.26. The van der Waals surface area contributed by atoms with Crippen LogP contribution in [0.5, 0.6) is 0 Å². The maximum atomic E-state index is 11.9. The van der Waals surface area contributed by atoms with E-state index in [4.69, 9.17) is 0 Å². The van der Waals surface area contributed by atoms with Crippen LogP contribution in [0.4, 0.5) is 0 Å². The largest absolute Gasteiger partial charge is 0.344 e. The van der Waals surface area contributed by atoms with Crippen molar-refractivity contribution >= 4 is 17.2 Å². The summed E-state index contributed by atoms with van der Waals surface area (Å²) in [5.41, 5.74) is 1.59. The fourth-order valence-electron chi connectivity index (χ4n) is 1.56. The van der Waals surface area contributed by atoms with Gasteiger partial charge in [0.2, 0.25) is 0 Å². The molecule has 2 rings (SSSR count). The summed E-state index contributed by atoms with van der Waals surface area (Å²) in [6.07, 6.45) is 0. The molecule has 0 bridgehead atoms. The van der Waals surface area contributed by atoms with Gasteiger partial charge in [-0.1, -0.05) is 30.3 Å². The van der Waals surface area contributed by atoms with Gasteiger partial charge in [0.1, 0.15) is 5.69 Å². The smallest absolute Gasteiger partial charge is 0.271 e. The monoisotopic (exact) mass is 246 g/mol. The lowest BCUT2D eigenvalue weighted by molar-refractivity contribution is 0.0935. The average molecular weight is 246 g/mol. The normalized spacial score (nSPS) is 12.1. The van der Waals surface area contributed by atoms with E-state index in [2.05, 4.69) is 10.3 Å². The molecule has 0 spiro atoms. The number of benzene rings is 1. The number of thiazole rings is 1. The van der Waals surface area contributed by atoms with Gasteiger partial charge in [-0.15, -0.1) is 11.3 Å². The molecule has 0 fully saturated rings. The summed E-state index contributed by atoms with van der Waals surface area (Å²) in [6, 6.07) is 9.87. The van der Waals surface area contributed by atoms with Gasteiger partial charge in [-0.2, -0.15) is 0 Å². The minimum atomic E-state index is -0.120. The van der Waals surface area contributed by atoms with E-state index in [1.54, 1.807) is 5.38 Å². The van der Waals surface area contributed by atoms with Gasteiger partial charge in [0.15, 0.2) is 0 Å². The Hall–Kier alpha value is -1.68. The van der Waals surface area contributed by atoms with Crippen LogP contribution in [0.3, 0.4) is 0 Å². The standard InChI is InChI=1S/C13H14N2OS/c1-9(11-6-4-3-5-7-11)14-13(16)12-8-17-10(2)15-12/h3-9H,1-2H3,(H,14,16). The van der Waals surface area contributed by atoms with Crippen LogP contribution in [-0.2, 0) is 0 Å². The van der Waals surface area contributed by atoms with Crippen molar-refractivity contribution in [3.8, 4) is 0 Å². The number of amides is 1. The van der Waals surface area contributed by atoms with Gasteiger partial charge in [-0.25, -0.2) is 4.98 Å². The molecule has 0 aliphatic carbocycles. The Balaban J connectivity index is 2.04. The first-order chi connectivity index (χ1) is 8.16. The van der Waals surface area contributed by atoms with Crippen LogP contribution < -0.4 is 5.32 Å². The number of aryl methyl sites for hydroxylation is 1. The van der Waals surface area contributed by atoms with Crippen LogP contribution in [0, 0.1) is 6.92 Å². The molecule has 2 aromatic rings. The number of aromatic nitrogens is 1. The summed E-state index contributed by atoms with van der Waals surface area (Å²) in [4.78, 5) is 16.0. The summed E-state index contributed by atoms with van der Waals surface area (Å²) in [7, 11) is 0. The molecule has 0 saturated heterocycles. The highest BCUT2D eigenvalue weighted by Crippen LogP contribution is 2.13. The molecule has 1 unspecified atom stereocenters. The predicted molar refractivity (Wildman–Crippen MR) is 69.2 cm³/mol. The zero-order valence-electron chi connectivity index (χ0n) is 9.81. The SMILES string of the molecule is Cc1nc(C(=O)NC(C)c2ccccc2)cs1. The van der Waals surface area contributed by atoms with Gasteiger partial charge in [0, 0.05) is 5.38 Å². The quantitative estimate of drug-likeness (QED) is 0.904. The van der Waals surface area contributed by atoms with Crippen molar-refractivity contribution in [1.29, 1.82) is 0 Å². The van der Waals surface area contributed by atoms with E-state index in [-0.39, 0.29) is 11.9 Å². The number of hydrogen-bond donors (Lipinski definition) is 1. The maximum absolute atomic E-state index is 11.9. The molecule has 3 nitrogen and oxygen atoms in total. The lowest BCUT2D eigenvalue weighted by Gasteiger charge is -2.13. The summed E-state index contributed by atoms with van der Waals surface area (Å²) in [6.45, 7) is 3.86. The van der Waals surface area contributed by atoms with Crippen molar-refractivity contribution in [2.75, 3.05) is 0 Å². The Morgan fingerprint density at radius 1 is 1.35 bits per heavy atom. The second-order valence-corrected chi connectivity index (χ2v) is 4.92. The van der Waals surface area contributed by atoms with E-state index < -0.39 is 0 Å². The number of carbonyl (C=O) groups excluding carboxylic acids is 1. The number of rotatable bonds is 3. The molecule has 88 valence electrons. The first-order valence-electron chi connectivity index (χ1n) is 5.45. The Morgan fingerprint density at radius 3 is 2.65 bits per heavy atom. The second-order valence-electron chi connectivity index (χ2n) is 3.86. The summed E-state index contributed by atoms with van der Waals surface area (Å²) < 4.78 is 0. The third-order valence-electron chi connectivity index (χ3n) is 2.50. The van der Waals surface area contributed by atoms with Crippen LogP contribution in [0.15, 0.2) is 35.7 Å². The molecule has 1 aromatic heterocycles. The third-order valence-corrected chi connectivity index (χ3v) is 3.27. The molecule has 4 heteroatoms. The van der Waals surface area contributed by atoms with Crippen molar-refractivity contribution in [1.82, 2.24) is 10.3 Å². The van der Waals surface area contributed by atoms with Crippen molar-refractivity contribution in [2.24, 2.45) is 0 Å². The van der Waals surface area contributed by atoms with Gasteiger partial charge in [-0.05, 0) is 19.4 Å². The van der Waals surface area contributed by atoms with E-state index in [1.807, 2.05) is 44.2 Å². The highest BCUT2D eigenvalue weighted by Gasteiger charge is 2.13. The van der Waals surface area contributed by atoms with Crippen LogP contribution in [0.25, 0.3) is 0 Å². The first-order valence-corrected chi connectivity index (χ1v) is 6.32. The summed E-state index contributed by atoms with van der Waals surface area (Å²) in [5, 5.41) is 5.62. The number of hydrogen-bond acceptors (Lipinski definition) is 3. The molecule has 1 amide bonds. The highest BCUT2D eigenvalue weighted by atomic mass is 32.1. The molecule has 0 saturated carbocycles. The Bertz CT molecular complexity index is 507. The summed E-state index contributed by atoms with van der Waals surface area (Å²) in [5.74, 6) is -0.120. The van der Waals surface area contributed by atoms with E-state index in [0.717, 1.165) is 10.6 Å². The Labute approximate surface area is 105 Å². The Morgan fingerprint density at radius 2 is 2.06 bits per heavy atom. The van der Waals surface area contributed by atoms with E-state index in [1.165, 1.54) is 11.3 Å². The molecule has 0 aliphatic heterocycles. The second kappa shape index (κ2) is 5.10. The molecule has 17 heavy (non-hydrogen) atoms. The zero-order chi connectivity index (χ0) is 12.3. The van der Waals surface area contributed by atoms with Crippen LogP contribution in [0.1, 0.15) is 34.0 Å². The van der Waals surface area contributed by atoms with Crippen LogP contribution in [-0.4, -0.2) is 10.9 Å².